The van der Waals surface area contributed by atoms with Gasteiger partial charge in [0.05, 0.1) is 5.92 Å². The van der Waals surface area contributed by atoms with Crippen LogP contribution in [0.1, 0.15) is 17.0 Å². The lowest BCUT2D eigenvalue weighted by Crippen LogP contribution is -2.24. The maximum absolute atomic E-state index is 12.6. The summed E-state index contributed by atoms with van der Waals surface area (Å²) in [6.45, 7) is 1.12. The quantitative estimate of drug-likeness (QED) is 0.806. The molecule has 0 aromatic heterocycles. The summed E-state index contributed by atoms with van der Waals surface area (Å²) >= 11 is 0. The van der Waals surface area contributed by atoms with Crippen LogP contribution in [-0.4, -0.2) is 26.2 Å². The Bertz CT molecular complexity index is 726. The molecule has 21 heavy (non-hydrogen) atoms. The molecule has 0 spiro atoms. The van der Waals surface area contributed by atoms with Crippen LogP contribution in [0.2, 0.25) is 0 Å². The average Bonchev–Trinajstić information content (AvgIpc) is 2.79. The first kappa shape index (κ1) is 12.3. The molecule has 0 saturated heterocycles. The van der Waals surface area contributed by atoms with E-state index >= 15 is 0 Å². The smallest absolute Gasteiger partial charge is 0.238 e. The first-order chi connectivity index (χ1) is 10.3. The fourth-order valence-electron chi connectivity index (χ4n) is 3.04. The molecule has 0 saturated carbocycles. The normalized spacial score (nSPS) is 19.6. The maximum atomic E-state index is 12.6. The van der Waals surface area contributed by atoms with Gasteiger partial charge in [-0.15, -0.1) is 0 Å². The predicted octanol–water partition coefficient (Wildman–Crippen LogP) is 2.57. The van der Waals surface area contributed by atoms with E-state index in [4.69, 9.17) is 9.47 Å². The van der Waals surface area contributed by atoms with Gasteiger partial charge in [0, 0.05) is 12.7 Å². The van der Waals surface area contributed by atoms with Gasteiger partial charge in [0.25, 0.3) is 0 Å². The summed E-state index contributed by atoms with van der Waals surface area (Å²) in [5.74, 6) is 1.30. The number of carbonyl (C=O) groups excluding carboxylic acids is 1. The molecule has 0 bridgehead atoms. The highest BCUT2D eigenvalue weighted by Gasteiger charge is 2.36. The van der Waals surface area contributed by atoms with E-state index in [-0.39, 0.29) is 11.8 Å². The molecule has 2 aliphatic rings. The monoisotopic (exact) mass is 281 g/mol. The standard InChI is InChI=1S/C17H15NO3/c1-18-13-5-3-2-4-12(13)16(17(18)19)11-6-7-14-15(10-11)21-9-8-20-14/h2-7,10,16H,8-9H2,1H3. The van der Waals surface area contributed by atoms with Crippen LogP contribution in [0, 0.1) is 0 Å². The topological polar surface area (TPSA) is 38.8 Å². The first-order valence-corrected chi connectivity index (χ1v) is 7.02. The number of hydrogen-bond acceptors (Lipinski definition) is 3. The molecule has 2 aromatic rings. The molecule has 106 valence electrons. The number of rotatable bonds is 1. The Labute approximate surface area is 122 Å². The molecule has 1 unspecified atom stereocenters. The number of carbonyl (C=O) groups is 1. The summed E-state index contributed by atoms with van der Waals surface area (Å²) < 4.78 is 11.2. The van der Waals surface area contributed by atoms with E-state index in [1.165, 1.54) is 0 Å². The van der Waals surface area contributed by atoms with Gasteiger partial charge in [-0.25, -0.2) is 0 Å². The molecular weight excluding hydrogens is 266 g/mol. The van der Waals surface area contributed by atoms with E-state index in [0.717, 1.165) is 28.3 Å². The number of fused-ring (bicyclic) bond motifs is 2. The number of likely N-dealkylation sites (N-methyl/N-ethyl adjacent to an activating group) is 1. The Morgan fingerprint density at radius 1 is 1.05 bits per heavy atom. The third kappa shape index (κ3) is 1.79. The second-order valence-corrected chi connectivity index (χ2v) is 5.29. The van der Waals surface area contributed by atoms with Crippen LogP contribution in [0.15, 0.2) is 42.5 Å². The lowest BCUT2D eigenvalue weighted by atomic mass is 9.92. The van der Waals surface area contributed by atoms with Crippen molar-refractivity contribution in [2.45, 2.75) is 5.92 Å². The molecule has 4 nitrogen and oxygen atoms in total. The zero-order valence-corrected chi connectivity index (χ0v) is 11.7. The molecule has 2 aliphatic heterocycles. The zero-order chi connectivity index (χ0) is 14.4. The van der Waals surface area contributed by atoms with E-state index in [0.29, 0.717) is 13.2 Å². The lowest BCUT2D eigenvalue weighted by Gasteiger charge is -2.20. The van der Waals surface area contributed by atoms with Crippen molar-refractivity contribution >= 4 is 11.6 Å². The number of benzene rings is 2. The minimum absolute atomic E-state index is 0.0906. The first-order valence-electron chi connectivity index (χ1n) is 7.02. The van der Waals surface area contributed by atoms with Gasteiger partial charge in [-0.2, -0.15) is 0 Å². The van der Waals surface area contributed by atoms with Crippen LogP contribution in [0.5, 0.6) is 11.5 Å². The molecule has 0 N–H and O–H groups in total. The van der Waals surface area contributed by atoms with Crippen LogP contribution in [0.25, 0.3) is 0 Å². The van der Waals surface area contributed by atoms with E-state index < -0.39 is 0 Å². The Morgan fingerprint density at radius 3 is 2.67 bits per heavy atom. The fourth-order valence-corrected chi connectivity index (χ4v) is 3.04. The number of anilines is 1. The molecule has 4 rings (SSSR count). The predicted molar refractivity (Wildman–Crippen MR) is 79.1 cm³/mol. The Morgan fingerprint density at radius 2 is 1.81 bits per heavy atom. The van der Waals surface area contributed by atoms with E-state index in [2.05, 4.69) is 0 Å². The van der Waals surface area contributed by atoms with Gasteiger partial charge in [-0.1, -0.05) is 24.3 Å². The average molecular weight is 281 g/mol. The van der Waals surface area contributed by atoms with Gasteiger partial charge >= 0.3 is 0 Å². The van der Waals surface area contributed by atoms with Crippen molar-refractivity contribution in [2.75, 3.05) is 25.2 Å². The highest BCUT2D eigenvalue weighted by molar-refractivity contribution is 6.06. The summed E-state index contributed by atoms with van der Waals surface area (Å²) in [4.78, 5) is 14.3. The molecule has 0 radical (unpaired) electrons. The Hall–Kier alpha value is -2.49. The largest absolute Gasteiger partial charge is 0.486 e. The fraction of sp³-hybridized carbons (Fsp3) is 0.235. The van der Waals surface area contributed by atoms with Gasteiger partial charge in [0.15, 0.2) is 11.5 Å². The number of para-hydroxylation sites is 1. The van der Waals surface area contributed by atoms with Crippen molar-refractivity contribution in [3.05, 3.63) is 53.6 Å². The van der Waals surface area contributed by atoms with Crippen molar-refractivity contribution in [1.29, 1.82) is 0 Å². The van der Waals surface area contributed by atoms with Crippen molar-refractivity contribution in [3.63, 3.8) is 0 Å². The van der Waals surface area contributed by atoms with Gasteiger partial charge in [0.1, 0.15) is 13.2 Å². The Kier molecular flexibility index (Phi) is 2.64. The lowest BCUT2D eigenvalue weighted by molar-refractivity contribution is -0.118. The molecule has 1 atom stereocenters. The molecule has 2 heterocycles. The van der Waals surface area contributed by atoms with E-state index in [9.17, 15) is 4.79 Å². The molecule has 0 aliphatic carbocycles. The van der Waals surface area contributed by atoms with Crippen LogP contribution < -0.4 is 14.4 Å². The SMILES string of the molecule is CN1C(=O)C(c2ccc3c(c2)OCCO3)c2ccccc21. The van der Waals surface area contributed by atoms with Crippen molar-refractivity contribution in [2.24, 2.45) is 0 Å². The summed E-state index contributed by atoms with van der Waals surface area (Å²) in [5.41, 5.74) is 2.96. The van der Waals surface area contributed by atoms with Crippen molar-refractivity contribution in [1.82, 2.24) is 0 Å². The van der Waals surface area contributed by atoms with Gasteiger partial charge in [-0.3, -0.25) is 4.79 Å². The highest BCUT2D eigenvalue weighted by Crippen LogP contribution is 2.42. The van der Waals surface area contributed by atoms with Crippen LogP contribution in [0.3, 0.4) is 0 Å². The molecule has 2 aromatic carbocycles. The van der Waals surface area contributed by atoms with Crippen LogP contribution in [0.4, 0.5) is 5.69 Å². The second kappa shape index (κ2) is 4.52. The van der Waals surface area contributed by atoms with Gasteiger partial charge in [0.2, 0.25) is 5.91 Å². The second-order valence-electron chi connectivity index (χ2n) is 5.29. The van der Waals surface area contributed by atoms with Gasteiger partial charge < -0.3 is 14.4 Å². The van der Waals surface area contributed by atoms with Crippen LogP contribution in [-0.2, 0) is 4.79 Å². The number of ether oxygens (including phenoxy) is 2. The zero-order valence-electron chi connectivity index (χ0n) is 11.7. The Balaban J connectivity index is 1.82. The summed E-state index contributed by atoms with van der Waals surface area (Å²) in [7, 11) is 1.82. The van der Waals surface area contributed by atoms with Crippen molar-refractivity contribution < 1.29 is 14.3 Å². The highest BCUT2D eigenvalue weighted by atomic mass is 16.6. The third-order valence-electron chi connectivity index (χ3n) is 4.09. The number of amides is 1. The third-order valence-corrected chi connectivity index (χ3v) is 4.09. The molecule has 0 fully saturated rings. The number of hydrogen-bond donors (Lipinski definition) is 0. The minimum atomic E-state index is -0.262. The van der Waals surface area contributed by atoms with Crippen LogP contribution >= 0.6 is 0 Å². The maximum Gasteiger partial charge on any atom is 0.238 e. The molecular formula is C17H15NO3. The van der Waals surface area contributed by atoms with Crippen molar-refractivity contribution in [3.8, 4) is 11.5 Å². The number of nitrogens with zero attached hydrogens (tertiary/aromatic N) is 1. The van der Waals surface area contributed by atoms with Gasteiger partial charge in [-0.05, 0) is 29.3 Å². The minimum Gasteiger partial charge on any atom is -0.486 e. The van der Waals surface area contributed by atoms with E-state index in [1.54, 1.807) is 4.90 Å². The summed E-state index contributed by atoms with van der Waals surface area (Å²) in [6.07, 6.45) is 0. The molecule has 1 amide bonds. The van der Waals surface area contributed by atoms with E-state index in [1.807, 2.05) is 49.5 Å². The summed E-state index contributed by atoms with van der Waals surface area (Å²) in [6, 6.07) is 13.7. The summed E-state index contributed by atoms with van der Waals surface area (Å²) in [5, 5.41) is 0. The molecule has 4 heteroatoms.